The molecule has 0 radical (unpaired) electrons. The highest BCUT2D eigenvalue weighted by Gasteiger charge is 2.51. The van der Waals surface area contributed by atoms with Crippen LogP contribution in [0.3, 0.4) is 0 Å². The standard InChI is InChI=1S/C49H34N2/c1-2-14-33(15-3-1)50(34-26-28-35(29-27-34)51-47-24-12-7-19-40(47)41-20-8-13-25-48(41)51)36-30-31-46-42(32-36)39-18-6-11-23-45(39)49(46)43-21-9-4-16-37(43)38-17-5-10-22-44(38)49/h1-26,28,30-32H,27,29H2. The number of rotatable bonds is 4. The quantitative estimate of drug-likeness (QED) is 0.184. The van der Waals surface area contributed by atoms with Gasteiger partial charge in [0.1, 0.15) is 0 Å². The predicted molar refractivity (Wildman–Crippen MR) is 212 cm³/mol. The molecule has 0 fully saturated rings. The second kappa shape index (κ2) is 10.8. The van der Waals surface area contributed by atoms with Gasteiger partial charge in [-0.3, -0.25) is 0 Å². The minimum atomic E-state index is -0.334. The smallest absolute Gasteiger partial charge is 0.0725 e. The summed E-state index contributed by atoms with van der Waals surface area (Å²) in [5.41, 5.74) is 18.0. The third-order valence-corrected chi connectivity index (χ3v) is 11.5. The van der Waals surface area contributed by atoms with Crippen molar-refractivity contribution in [3.8, 4) is 22.3 Å². The summed E-state index contributed by atoms with van der Waals surface area (Å²) >= 11 is 0. The van der Waals surface area contributed by atoms with Crippen LogP contribution in [0.1, 0.15) is 35.1 Å². The molecule has 8 aromatic rings. The summed E-state index contributed by atoms with van der Waals surface area (Å²) in [6.07, 6.45) is 6.57. The number of allylic oxidation sites excluding steroid dienone is 4. The van der Waals surface area contributed by atoms with E-state index in [1.54, 1.807) is 0 Å². The van der Waals surface area contributed by atoms with E-state index in [1.165, 1.54) is 89.1 Å². The summed E-state index contributed by atoms with van der Waals surface area (Å²) in [6.45, 7) is 0. The highest BCUT2D eigenvalue weighted by molar-refractivity contribution is 6.10. The maximum Gasteiger partial charge on any atom is 0.0725 e. The van der Waals surface area contributed by atoms with Gasteiger partial charge in [-0.05, 0) is 106 Å². The molecule has 0 saturated carbocycles. The van der Waals surface area contributed by atoms with Crippen molar-refractivity contribution in [2.75, 3.05) is 4.90 Å². The molecular weight excluding hydrogens is 617 g/mol. The van der Waals surface area contributed by atoms with Gasteiger partial charge in [0.2, 0.25) is 0 Å². The van der Waals surface area contributed by atoms with Gasteiger partial charge in [0.25, 0.3) is 0 Å². The maximum atomic E-state index is 2.48. The fraction of sp³-hybridized carbons (Fsp3) is 0.0612. The molecule has 1 aromatic heterocycles. The van der Waals surface area contributed by atoms with E-state index < -0.39 is 0 Å². The van der Waals surface area contributed by atoms with E-state index in [9.17, 15) is 0 Å². The summed E-state index contributed by atoms with van der Waals surface area (Å²) < 4.78 is 2.47. The number of para-hydroxylation sites is 3. The third kappa shape index (κ3) is 3.88. The van der Waals surface area contributed by atoms with Gasteiger partial charge in [0.15, 0.2) is 0 Å². The second-order valence-corrected chi connectivity index (χ2v) is 14.0. The van der Waals surface area contributed by atoms with Crippen molar-refractivity contribution >= 4 is 38.9 Å². The summed E-state index contributed by atoms with van der Waals surface area (Å²) in [7, 11) is 0. The first kappa shape index (κ1) is 28.5. The molecule has 0 saturated heterocycles. The number of nitrogens with zero attached hydrogens (tertiary/aromatic N) is 2. The number of benzene rings is 7. The molecule has 2 nitrogen and oxygen atoms in total. The van der Waals surface area contributed by atoms with Gasteiger partial charge in [-0.15, -0.1) is 0 Å². The molecule has 3 aliphatic carbocycles. The van der Waals surface area contributed by atoms with Crippen LogP contribution in [0.2, 0.25) is 0 Å². The lowest BCUT2D eigenvalue weighted by Crippen LogP contribution is -2.26. The third-order valence-electron chi connectivity index (χ3n) is 11.5. The van der Waals surface area contributed by atoms with Crippen LogP contribution in [-0.2, 0) is 5.41 Å². The highest BCUT2D eigenvalue weighted by atomic mass is 15.2. The van der Waals surface area contributed by atoms with Crippen molar-refractivity contribution in [2.24, 2.45) is 0 Å². The van der Waals surface area contributed by atoms with E-state index >= 15 is 0 Å². The van der Waals surface area contributed by atoms with Crippen LogP contribution in [0.5, 0.6) is 0 Å². The average Bonchev–Trinajstić information content (AvgIpc) is 3.81. The number of anilines is 2. The Morgan fingerprint density at radius 2 is 0.922 bits per heavy atom. The molecule has 3 aliphatic rings. The van der Waals surface area contributed by atoms with Gasteiger partial charge in [-0.2, -0.15) is 0 Å². The molecule has 0 N–H and O–H groups in total. The Morgan fingerprint density at radius 1 is 0.412 bits per heavy atom. The first-order valence-corrected chi connectivity index (χ1v) is 18.0. The van der Waals surface area contributed by atoms with Crippen LogP contribution in [0, 0.1) is 0 Å². The molecule has 1 heterocycles. The van der Waals surface area contributed by atoms with Crippen LogP contribution in [0.4, 0.5) is 11.4 Å². The van der Waals surface area contributed by atoms with Crippen LogP contribution >= 0.6 is 0 Å². The van der Waals surface area contributed by atoms with Crippen molar-refractivity contribution < 1.29 is 0 Å². The zero-order valence-corrected chi connectivity index (χ0v) is 28.1. The predicted octanol–water partition coefficient (Wildman–Crippen LogP) is 12.5. The maximum absolute atomic E-state index is 2.48. The zero-order chi connectivity index (χ0) is 33.5. The minimum absolute atomic E-state index is 0.334. The summed E-state index contributed by atoms with van der Waals surface area (Å²) in [5.74, 6) is 0. The lowest BCUT2D eigenvalue weighted by molar-refractivity contribution is 0.793. The van der Waals surface area contributed by atoms with Gasteiger partial charge in [-0.25, -0.2) is 0 Å². The molecule has 0 bridgehead atoms. The monoisotopic (exact) mass is 650 g/mol. The van der Waals surface area contributed by atoms with Gasteiger partial charge in [0.05, 0.1) is 16.4 Å². The van der Waals surface area contributed by atoms with E-state index in [0.717, 1.165) is 12.8 Å². The van der Waals surface area contributed by atoms with Crippen LogP contribution < -0.4 is 4.90 Å². The topological polar surface area (TPSA) is 8.17 Å². The molecule has 0 atom stereocenters. The first-order valence-electron chi connectivity index (χ1n) is 18.0. The van der Waals surface area contributed by atoms with Crippen LogP contribution in [0.15, 0.2) is 188 Å². The molecule has 0 aliphatic heterocycles. The summed E-state index contributed by atoms with van der Waals surface area (Å²) in [6, 6.07) is 62.8. The van der Waals surface area contributed by atoms with Gasteiger partial charge in [-0.1, -0.05) is 133 Å². The molecule has 2 heteroatoms. The normalized spacial score (nSPS) is 14.9. The SMILES string of the molecule is C1=C(N(c2ccccc2)c2ccc3c(c2)-c2ccccc2C32c3ccccc3-c3ccccc32)CCC(n2c3ccccc3c3ccccc32)=C1. The van der Waals surface area contributed by atoms with E-state index in [4.69, 9.17) is 0 Å². The Bertz CT molecular complexity index is 2660. The van der Waals surface area contributed by atoms with Gasteiger partial charge >= 0.3 is 0 Å². The number of aromatic nitrogens is 1. The van der Waals surface area contributed by atoms with E-state index in [2.05, 4.69) is 191 Å². The molecule has 0 amide bonds. The Kier molecular flexibility index (Phi) is 6.03. The minimum Gasteiger partial charge on any atom is -0.314 e. The molecule has 11 rings (SSSR count). The Labute approximate surface area is 297 Å². The molecule has 7 aromatic carbocycles. The van der Waals surface area contributed by atoms with Crippen molar-refractivity contribution in [1.29, 1.82) is 0 Å². The summed E-state index contributed by atoms with van der Waals surface area (Å²) in [4.78, 5) is 2.48. The molecular formula is C49H34N2. The fourth-order valence-corrected chi connectivity index (χ4v) is 9.50. The second-order valence-electron chi connectivity index (χ2n) is 14.0. The highest BCUT2D eigenvalue weighted by Crippen LogP contribution is 2.63. The fourth-order valence-electron chi connectivity index (χ4n) is 9.50. The zero-order valence-electron chi connectivity index (χ0n) is 28.1. The average molecular weight is 651 g/mol. The molecule has 1 spiro atoms. The van der Waals surface area contributed by atoms with Crippen molar-refractivity contribution in [1.82, 2.24) is 4.57 Å². The first-order chi connectivity index (χ1) is 25.3. The Hall–Kier alpha value is -6.38. The van der Waals surface area contributed by atoms with Crippen molar-refractivity contribution in [3.05, 3.63) is 210 Å². The summed E-state index contributed by atoms with van der Waals surface area (Å²) in [5, 5.41) is 2.61. The number of fused-ring (bicyclic) bond motifs is 13. The largest absolute Gasteiger partial charge is 0.314 e. The Balaban J connectivity index is 1.09. The van der Waals surface area contributed by atoms with Crippen molar-refractivity contribution in [3.63, 3.8) is 0 Å². The molecule has 240 valence electrons. The molecule has 51 heavy (non-hydrogen) atoms. The van der Waals surface area contributed by atoms with E-state index in [-0.39, 0.29) is 5.41 Å². The van der Waals surface area contributed by atoms with Crippen molar-refractivity contribution in [2.45, 2.75) is 18.3 Å². The molecule has 0 unspecified atom stereocenters. The van der Waals surface area contributed by atoms with Crippen LogP contribution in [0.25, 0.3) is 49.8 Å². The van der Waals surface area contributed by atoms with E-state index in [0.29, 0.717) is 0 Å². The Morgan fingerprint density at radius 3 is 1.51 bits per heavy atom. The van der Waals surface area contributed by atoms with E-state index in [1.807, 2.05) is 0 Å². The van der Waals surface area contributed by atoms with Gasteiger partial charge in [0, 0.05) is 33.5 Å². The van der Waals surface area contributed by atoms with Crippen LogP contribution in [-0.4, -0.2) is 4.57 Å². The lowest BCUT2D eigenvalue weighted by atomic mass is 9.70. The number of hydrogen-bond donors (Lipinski definition) is 0. The van der Waals surface area contributed by atoms with Gasteiger partial charge < -0.3 is 9.47 Å². The lowest BCUT2D eigenvalue weighted by Gasteiger charge is -2.32. The number of hydrogen-bond acceptors (Lipinski definition) is 1.